The van der Waals surface area contributed by atoms with Crippen molar-refractivity contribution < 1.29 is 18.0 Å². The molecular formula is C17H15ClN4O4S. The minimum atomic E-state index is -3.65. The van der Waals surface area contributed by atoms with Crippen molar-refractivity contribution in [2.75, 3.05) is 6.26 Å². The van der Waals surface area contributed by atoms with Gasteiger partial charge in [-0.2, -0.15) is 0 Å². The number of para-hydroxylation sites is 2. The number of nitrogens with one attached hydrogen (secondary N) is 2. The highest BCUT2D eigenvalue weighted by atomic mass is 35.5. The Kier molecular flexibility index (Phi) is 5.15. The van der Waals surface area contributed by atoms with E-state index in [0.717, 1.165) is 6.26 Å². The molecule has 0 saturated heterocycles. The van der Waals surface area contributed by atoms with Crippen molar-refractivity contribution in [3.8, 4) is 0 Å². The van der Waals surface area contributed by atoms with Gasteiger partial charge in [-0.15, -0.1) is 0 Å². The van der Waals surface area contributed by atoms with Crippen LogP contribution in [-0.2, 0) is 21.2 Å². The second-order valence-corrected chi connectivity index (χ2v) is 8.10. The molecule has 0 unspecified atom stereocenters. The summed E-state index contributed by atoms with van der Waals surface area (Å²) in [5.74, 6) is -1.13. The van der Waals surface area contributed by atoms with Gasteiger partial charge < -0.3 is 4.57 Å². The summed E-state index contributed by atoms with van der Waals surface area (Å²) >= 11 is 5.76. The van der Waals surface area contributed by atoms with E-state index in [0.29, 0.717) is 21.6 Å². The Morgan fingerprint density at radius 1 is 1.07 bits per heavy atom. The van der Waals surface area contributed by atoms with E-state index in [4.69, 9.17) is 11.6 Å². The third kappa shape index (κ3) is 4.26. The predicted molar refractivity (Wildman–Crippen MR) is 99.9 cm³/mol. The molecule has 2 aromatic carbocycles. The normalized spacial score (nSPS) is 11.3. The molecule has 1 heterocycles. The van der Waals surface area contributed by atoms with Gasteiger partial charge in [-0.25, -0.2) is 13.4 Å². The zero-order chi connectivity index (χ0) is 19.6. The molecule has 0 saturated carbocycles. The Bertz CT molecular complexity index is 1120. The van der Waals surface area contributed by atoms with E-state index >= 15 is 0 Å². The number of amides is 2. The first-order valence-corrected chi connectivity index (χ1v) is 10.0. The van der Waals surface area contributed by atoms with Gasteiger partial charge >= 0.3 is 0 Å². The average molecular weight is 407 g/mol. The van der Waals surface area contributed by atoms with E-state index in [2.05, 4.69) is 15.8 Å². The first-order valence-electron chi connectivity index (χ1n) is 7.76. The average Bonchev–Trinajstić information content (AvgIpc) is 2.99. The fourth-order valence-electron chi connectivity index (χ4n) is 2.47. The molecular weight excluding hydrogens is 392 g/mol. The number of fused-ring (bicyclic) bond motifs is 1. The highest BCUT2D eigenvalue weighted by Crippen LogP contribution is 2.19. The smallest absolute Gasteiger partial charge is 0.269 e. The number of imidazole rings is 1. The van der Waals surface area contributed by atoms with Crippen molar-refractivity contribution in [1.29, 1.82) is 0 Å². The van der Waals surface area contributed by atoms with Crippen LogP contribution < -0.4 is 10.9 Å². The number of rotatable bonds is 4. The summed E-state index contributed by atoms with van der Waals surface area (Å²) in [5.41, 5.74) is 5.80. The molecule has 0 bridgehead atoms. The van der Waals surface area contributed by atoms with E-state index in [-0.39, 0.29) is 11.7 Å². The standard InChI is InChI=1S/C17H15ClN4O4S/c1-27(25,26)17-19-13-4-2-3-5-14(13)22(17)10-15(23)20-21-16(24)11-6-8-12(18)9-7-11/h2-9H,10H2,1H3,(H,20,23)(H,21,24). The number of sulfone groups is 1. The van der Waals surface area contributed by atoms with Gasteiger partial charge in [0, 0.05) is 16.8 Å². The fraction of sp³-hybridized carbons (Fsp3) is 0.118. The number of hydrogen-bond donors (Lipinski definition) is 2. The Hall–Kier alpha value is -2.91. The monoisotopic (exact) mass is 406 g/mol. The summed E-state index contributed by atoms with van der Waals surface area (Å²) < 4.78 is 25.3. The van der Waals surface area contributed by atoms with Crippen LogP contribution in [-0.4, -0.2) is 36.0 Å². The lowest BCUT2D eigenvalue weighted by atomic mass is 10.2. The quantitative estimate of drug-likeness (QED) is 0.639. The fourth-order valence-corrected chi connectivity index (χ4v) is 3.43. The van der Waals surface area contributed by atoms with E-state index in [1.54, 1.807) is 36.4 Å². The Morgan fingerprint density at radius 2 is 1.74 bits per heavy atom. The summed E-state index contributed by atoms with van der Waals surface area (Å²) in [7, 11) is -3.65. The summed E-state index contributed by atoms with van der Waals surface area (Å²) in [6.07, 6.45) is 1.02. The van der Waals surface area contributed by atoms with E-state index in [1.165, 1.54) is 16.7 Å². The Morgan fingerprint density at radius 3 is 2.41 bits per heavy atom. The highest BCUT2D eigenvalue weighted by molar-refractivity contribution is 7.90. The van der Waals surface area contributed by atoms with Gasteiger partial charge in [0.2, 0.25) is 15.0 Å². The third-order valence-corrected chi connectivity index (χ3v) is 4.90. The van der Waals surface area contributed by atoms with Crippen molar-refractivity contribution in [2.45, 2.75) is 11.7 Å². The number of halogens is 1. The van der Waals surface area contributed by atoms with E-state index in [1.807, 2.05) is 0 Å². The number of hydrogen-bond acceptors (Lipinski definition) is 5. The van der Waals surface area contributed by atoms with Gasteiger partial charge in [0.1, 0.15) is 6.54 Å². The molecule has 0 fully saturated rings. The van der Waals surface area contributed by atoms with Gasteiger partial charge in [0.05, 0.1) is 11.0 Å². The first kappa shape index (κ1) is 18.9. The third-order valence-electron chi connectivity index (χ3n) is 3.67. The highest BCUT2D eigenvalue weighted by Gasteiger charge is 2.21. The lowest BCUT2D eigenvalue weighted by molar-refractivity contribution is -0.122. The summed E-state index contributed by atoms with van der Waals surface area (Å²) in [5, 5.41) is 0.263. The number of carbonyl (C=O) groups is 2. The van der Waals surface area contributed by atoms with E-state index in [9.17, 15) is 18.0 Å². The molecule has 0 aliphatic carbocycles. The molecule has 2 amide bonds. The van der Waals surface area contributed by atoms with Crippen molar-refractivity contribution in [2.24, 2.45) is 0 Å². The maximum atomic E-state index is 12.2. The van der Waals surface area contributed by atoms with Crippen LogP contribution in [0.2, 0.25) is 5.02 Å². The number of hydrazine groups is 1. The van der Waals surface area contributed by atoms with Crippen molar-refractivity contribution in [3.63, 3.8) is 0 Å². The van der Waals surface area contributed by atoms with Gasteiger partial charge in [-0.05, 0) is 36.4 Å². The molecule has 2 N–H and O–H groups in total. The minimum absolute atomic E-state index is 0.220. The number of nitrogens with zero attached hydrogens (tertiary/aromatic N) is 2. The number of carbonyl (C=O) groups excluding carboxylic acids is 2. The lowest BCUT2D eigenvalue weighted by Gasteiger charge is -2.10. The largest absolute Gasteiger partial charge is 0.305 e. The van der Waals surface area contributed by atoms with Crippen LogP contribution >= 0.6 is 11.6 Å². The molecule has 0 spiro atoms. The molecule has 10 heteroatoms. The Labute approximate surface area is 160 Å². The molecule has 140 valence electrons. The van der Waals surface area contributed by atoms with Crippen LogP contribution in [0.25, 0.3) is 11.0 Å². The molecule has 0 aliphatic heterocycles. The molecule has 3 rings (SSSR count). The molecule has 1 aromatic heterocycles. The first-order chi connectivity index (χ1) is 12.8. The van der Waals surface area contributed by atoms with Gasteiger partial charge in [0.15, 0.2) is 0 Å². The number of benzene rings is 2. The lowest BCUT2D eigenvalue weighted by Crippen LogP contribution is -2.43. The molecule has 0 aliphatic rings. The van der Waals surface area contributed by atoms with Crippen LogP contribution in [0.15, 0.2) is 53.7 Å². The minimum Gasteiger partial charge on any atom is -0.305 e. The molecule has 3 aromatic rings. The second kappa shape index (κ2) is 7.37. The molecule has 27 heavy (non-hydrogen) atoms. The van der Waals surface area contributed by atoms with Crippen LogP contribution in [0.4, 0.5) is 0 Å². The second-order valence-electron chi connectivity index (χ2n) is 5.75. The maximum Gasteiger partial charge on any atom is 0.269 e. The van der Waals surface area contributed by atoms with Crippen molar-refractivity contribution >= 4 is 44.3 Å². The van der Waals surface area contributed by atoms with Gasteiger partial charge in [0.25, 0.3) is 11.8 Å². The Balaban J connectivity index is 1.76. The number of aromatic nitrogens is 2. The zero-order valence-corrected chi connectivity index (χ0v) is 15.7. The molecule has 8 nitrogen and oxygen atoms in total. The molecule has 0 atom stereocenters. The van der Waals surface area contributed by atoms with Gasteiger partial charge in [-0.3, -0.25) is 20.4 Å². The van der Waals surface area contributed by atoms with Crippen LogP contribution in [0.3, 0.4) is 0 Å². The predicted octanol–water partition coefficient (Wildman–Crippen LogP) is 1.55. The van der Waals surface area contributed by atoms with Gasteiger partial charge in [-0.1, -0.05) is 23.7 Å². The summed E-state index contributed by atoms with van der Waals surface area (Å²) in [6.45, 7) is -0.330. The SMILES string of the molecule is CS(=O)(=O)c1nc2ccccc2n1CC(=O)NNC(=O)c1ccc(Cl)cc1. The van der Waals surface area contributed by atoms with Crippen molar-refractivity contribution in [3.05, 3.63) is 59.1 Å². The maximum absolute atomic E-state index is 12.2. The van der Waals surface area contributed by atoms with Crippen LogP contribution in [0.5, 0.6) is 0 Å². The molecule has 0 radical (unpaired) electrons. The van der Waals surface area contributed by atoms with Crippen LogP contribution in [0, 0.1) is 0 Å². The topological polar surface area (TPSA) is 110 Å². The zero-order valence-electron chi connectivity index (χ0n) is 14.1. The summed E-state index contributed by atoms with van der Waals surface area (Å²) in [6, 6.07) is 12.9. The van der Waals surface area contributed by atoms with Crippen LogP contribution in [0.1, 0.15) is 10.4 Å². The van der Waals surface area contributed by atoms with Crippen molar-refractivity contribution in [1.82, 2.24) is 20.4 Å². The van der Waals surface area contributed by atoms with E-state index < -0.39 is 21.7 Å². The summed E-state index contributed by atoms with van der Waals surface area (Å²) in [4.78, 5) is 28.3.